The van der Waals surface area contributed by atoms with Gasteiger partial charge in [-0.05, 0) is 139 Å². The Morgan fingerprint density at radius 1 is 0.740 bits per heavy atom. The average molecular weight is 1020 g/mol. The average Bonchev–Trinajstić information content (AvgIpc) is 3.69. The maximum absolute atomic E-state index is 14.4. The van der Waals surface area contributed by atoms with Crippen LogP contribution in [0.15, 0.2) is 111 Å². The van der Waals surface area contributed by atoms with E-state index >= 15 is 0 Å². The molecule has 7 aromatic rings. The molecule has 0 saturated heterocycles. The minimum absolute atomic E-state index is 0.0355. The third-order valence-corrected chi connectivity index (χ3v) is 13.5. The summed E-state index contributed by atoms with van der Waals surface area (Å²) in [5.74, 6) is 2.47. The van der Waals surface area contributed by atoms with Gasteiger partial charge in [-0.15, -0.1) is 0 Å². The molecule has 0 radical (unpaired) electrons. The SMILES string of the molecule is Bc1cc(-c2ccc(C=O)c(/C=C\N(C)Cc3nc(C)cc(NC4=Nc5cc(-c6ccc7c(=O)n(Cc8nc(C)cc(C)n8)ncc7c6)cc(B)c5C=C(C(=O)N(CCC)CCC)C4)n3)c2)cc2c1C=C(C=O)CC(N)=N2. The molecular formula is C59H60B2N12O4. The van der Waals surface area contributed by atoms with Gasteiger partial charge in [-0.3, -0.25) is 19.2 Å². The molecule has 2 aliphatic heterocycles. The standard InChI is InChI=1S/C59H60B2N12O4/c1-7-14-72(15-8-2)58(76)44-23-48-50(61)25-43(39-11-12-46-45(22-39)29-63-73(59(46)77)31-57-64-34(3)17-35(4)65-57)27-52(48)68-55(28-44)69-54-18-36(5)66-56(70-54)30-71(6)16-13-40-21-38(9-10-41(40)33-75)42-24-49(60)47-19-37(32-74)20-53(62)67-51(47)26-42/h9-13,16-19,21-27,29,32-33H,7-8,14-15,20,28,30-31,60-61H2,1-6H3,(H2,62,67)(H,66,68,69,70)/b16-13-. The van der Waals surface area contributed by atoms with Crippen LogP contribution in [0.3, 0.4) is 0 Å². The number of aryl methyl sites for hydroxylation is 3. The van der Waals surface area contributed by atoms with E-state index in [0.29, 0.717) is 87.6 Å². The molecule has 2 aliphatic rings. The van der Waals surface area contributed by atoms with Crippen LogP contribution in [0.4, 0.5) is 17.2 Å². The largest absolute Gasteiger partial charge is 0.387 e. The fourth-order valence-electron chi connectivity index (χ4n) is 9.91. The Labute approximate surface area is 449 Å². The number of benzene rings is 4. The Hall–Kier alpha value is -8.92. The number of amidine groups is 2. The molecule has 1 amide bonds. The lowest BCUT2D eigenvalue weighted by Gasteiger charge is -2.23. The Morgan fingerprint density at radius 3 is 2.08 bits per heavy atom. The third-order valence-electron chi connectivity index (χ3n) is 13.5. The number of fused-ring (bicyclic) bond motifs is 3. The summed E-state index contributed by atoms with van der Waals surface area (Å²) in [7, 11) is 5.91. The van der Waals surface area contributed by atoms with Crippen LogP contribution in [0.2, 0.25) is 0 Å². The molecule has 18 heteroatoms. The Bertz CT molecular complexity index is 3720. The molecule has 3 aromatic heterocycles. The number of carbonyl (C=O) groups excluding carboxylic acids is 3. The number of aliphatic imine (C=N–C) groups is 2. The van der Waals surface area contributed by atoms with Crippen LogP contribution in [-0.2, 0) is 22.7 Å². The fourth-order valence-corrected chi connectivity index (χ4v) is 9.91. The van der Waals surface area contributed by atoms with Crippen molar-refractivity contribution in [1.82, 2.24) is 39.5 Å². The smallest absolute Gasteiger partial charge is 0.275 e. The zero-order valence-corrected chi connectivity index (χ0v) is 44.8. The van der Waals surface area contributed by atoms with E-state index in [2.05, 4.69) is 45.3 Å². The highest BCUT2D eigenvalue weighted by atomic mass is 16.2. The second kappa shape index (κ2) is 22.9. The van der Waals surface area contributed by atoms with E-state index in [0.717, 1.165) is 92.4 Å². The van der Waals surface area contributed by atoms with Gasteiger partial charge >= 0.3 is 0 Å². The number of nitrogens with zero attached hydrogens (tertiary/aromatic N) is 10. The molecule has 0 fully saturated rings. The number of anilines is 1. The van der Waals surface area contributed by atoms with Gasteiger partial charge in [-0.25, -0.2) is 34.6 Å². The molecule has 0 saturated carbocycles. The lowest BCUT2D eigenvalue weighted by molar-refractivity contribution is -0.127. The highest BCUT2D eigenvalue weighted by Crippen LogP contribution is 2.34. The van der Waals surface area contributed by atoms with Crippen LogP contribution in [0, 0.1) is 20.8 Å². The number of aromatic nitrogens is 6. The molecule has 4 aromatic carbocycles. The lowest BCUT2D eigenvalue weighted by atomic mass is 9.85. The number of carbonyl (C=O) groups is 3. The van der Waals surface area contributed by atoms with Crippen molar-refractivity contribution in [2.24, 2.45) is 15.7 Å². The van der Waals surface area contributed by atoms with Crippen LogP contribution >= 0.6 is 0 Å². The molecule has 0 atom stereocenters. The van der Waals surface area contributed by atoms with Gasteiger partial charge < -0.3 is 20.9 Å². The molecule has 77 heavy (non-hydrogen) atoms. The Kier molecular flexibility index (Phi) is 15.7. The van der Waals surface area contributed by atoms with Crippen LogP contribution in [0.1, 0.15) is 95.3 Å². The van der Waals surface area contributed by atoms with Crippen molar-refractivity contribution in [3.05, 3.63) is 158 Å². The molecule has 16 nitrogen and oxygen atoms in total. The summed E-state index contributed by atoms with van der Waals surface area (Å²) >= 11 is 0. The van der Waals surface area contributed by atoms with E-state index in [1.807, 2.05) is 138 Å². The molecule has 0 bridgehead atoms. The molecule has 0 aliphatic carbocycles. The van der Waals surface area contributed by atoms with E-state index < -0.39 is 0 Å². The van der Waals surface area contributed by atoms with Crippen molar-refractivity contribution in [1.29, 1.82) is 0 Å². The van der Waals surface area contributed by atoms with E-state index in [1.54, 1.807) is 12.3 Å². The number of amides is 1. The number of nitrogens with two attached hydrogens (primary N) is 1. The second-order valence-corrected chi connectivity index (χ2v) is 19.9. The Balaban J connectivity index is 0.994. The van der Waals surface area contributed by atoms with E-state index in [4.69, 9.17) is 20.7 Å². The first-order chi connectivity index (χ1) is 37.1. The summed E-state index contributed by atoms with van der Waals surface area (Å²) in [5, 5.41) is 9.23. The zero-order valence-electron chi connectivity index (χ0n) is 44.8. The summed E-state index contributed by atoms with van der Waals surface area (Å²) in [6, 6.07) is 23.2. The summed E-state index contributed by atoms with van der Waals surface area (Å²) < 4.78 is 1.39. The summed E-state index contributed by atoms with van der Waals surface area (Å²) in [6.07, 6.45) is 13.1. The topological polar surface area (TPSA) is 207 Å². The zero-order chi connectivity index (χ0) is 54.5. The number of nitrogens with one attached hydrogen (secondary N) is 1. The van der Waals surface area contributed by atoms with Crippen molar-refractivity contribution in [3.63, 3.8) is 0 Å². The minimum Gasteiger partial charge on any atom is -0.387 e. The van der Waals surface area contributed by atoms with Crippen LogP contribution in [0.5, 0.6) is 0 Å². The van der Waals surface area contributed by atoms with Crippen molar-refractivity contribution in [3.8, 4) is 22.3 Å². The van der Waals surface area contributed by atoms with E-state index in [-0.39, 0.29) is 30.9 Å². The van der Waals surface area contributed by atoms with Gasteiger partial charge in [0.1, 0.15) is 57.7 Å². The first-order valence-electron chi connectivity index (χ1n) is 25.8. The number of hydrogen-bond acceptors (Lipinski definition) is 14. The van der Waals surface area contributed by atoms with Gasteiger partial charge in [0.2, 0.25) is 5.91 Å². The number of aldehydes is 2. The normalized spacial score (nSPS) is 13.1. The monoisotopic (exact) mass is 1020 g/mol. The highest BCUT2D eigenvalue weighted by molar-refractivity contribution is 6.36. The fraction of sp³-hybridized carbons (Fsp3) is 0.237. The Morgan fingerprint density at radius 2 is 1.39 bits per heavy atom. The maximum Gasteiger partial charge on any atom is 0.275 e. The predicted molar refractivity (Wildman–Crippen MR) is 313 cm³/mol. The molecule has 0 unspecified atom stereocenters. The number of rotatable bonds is 16. The van der Waals surface area contributed by atoms with Crippen molar-refractivity contribution < 1.29 is 14.4 Å². The number of hydrogen-bond donors (Lipinski definition) is 2. The maximum atomic E-state index is 14.4. The van der Waals surface area contributed by atoms with Gasteiger partial charge in [0.25, 0.3) is 5.56 Å². The summed E-state index contributed by atoms with van der Waals surface area (Å²) in [4.78, 5) is 84.6. The van der Waals surface area contributed by atoms with Crippen molar-refractivity contribution in [2.75, 3.05) is 25.5 Å². The van der Waals surface area contributed by atoms with Crippen LogP contribution in [-0.4, -0.2) is 105 Å². The summed E-state index contributed by atoms with van der Waals surface area (Å²) in [5.41, 5.74) is 19.3. The molecule has 386 valence electrons. The molecular weight excluding hydrogens is 962 g/mol. The van der Waals surface area contributed by atoms with Gasteiger partial charge in [0.05, 0.1) is 29.5 Å². The quantitative estimate of drug-likeness (QED) is 0.0812. The molecule has 9 rings (SSSR count). The van der Waals surface area contributed by atoms with Crippen LogP contribution < -0.4 is 27.5 Å². The van der Waals surface area contributed by atoms with Gasteiger partial charge in [0.15, 0.2) is 6.29 Å². The van der Waals surface area contributed by atoms with E-state index in [9.17, 15) is 19.2 Å². The van der Waals surface area contributed by atoms with Gasteiger partial charge in [-0.2, -0.15) is 5.10 Å². The second-order valence-electron chi connectivity index (χ2n) is 19.9. The predicted octanol–water partition coefficient (Wildman–Crippen LogP) is 6.27. The minimum atomic E-state index is -0.232. The first kappa shape index (κ1) is 52.9. The highest BCUT2D eigenvalue weighted by Gasteiger charge is 2.24. The van der Waals surface area contributed by atoms with Crippen molar-refractivity contribution in [2.45, 2.75) is 73.4 Å². The lowest BCUT2D eigenvalue weighted by Crippen LogP contribution is -2.34. The van der Waals surface area contributed by atoms with E-state index in [1.165, 1.54) is 4.68 Å². The third kappa shape index (κ3) is 12.1. The van der Waals surface area contributed by atoms with Gasteiger partial charge in [-0.1, -0.05) is 55.1 Å². The first-order valence-corrected chi connectivity index (χ1v) is 25.8. The van der Waals surface area contributed by atoms with Gasteiger partial charge in [0, 0.05) is 72.6 Å². The molecule has 5 heterocycles. The molecule has 0 spiro atoms. The van der Waals surface area contributed by atoms with Crippen LogP contribution in [0.25, 0.3) is 51.3 Å². The van der Waals surface area contributed by atoms with Crippen molar-refractivity contribution >= 4 is 103 Å². The summed E-state index contributed by atoms with van der Waals surface area (Å²) in [6.45, 7) is 11.6. The molecule has 3 N–H and O–H groups in total.